The molecule has 1 unspecified atom stereocenters. The van der Waals surface area contributed by atoms with Gasteiger partial charge in [0.25, 0.3) is 5.91 Å². The number of allylic oxidation sites excluding steroid dienone is 2. The fraction of sp³-hybridized carbons (Fsp3) is 0.400. The lowest BCUT2D eigenvalue weighted by atomic mass is 9.94. The molecule has 0 spiro atoms. The van der Waals surface area contributed by atoms with Crippen molar-refractivity contribution in [2.75, 3.05) is 19.7 Å². The summed E-state index contributed by atoms with van der Waals surface area (Å²) in [6.07, 6.45) is 6.70. The molecule has 1 aromatic carbocycles. The first-order chi connectivity index (χ1) is 16.0. The van der Waals surface area contributed by atoms with Crippen molar-refractivity contribution < 1.29 is 19.4 Å². The molecule has 0 radical (unpaired) electrons. The van der Waals surface area contributed by atoms with Gasteiger partial charge in [0, 0.05) is 35.9 Å². The molecule has 1 fully saturated rings. The number of β-amino-alcohol motifs (C(OH)–C–C–N with tert-alkyl or cyclic N) is 1. The van der Waals surface area contributed by atoms with Crippen molar-refractivity contribution in [3.05, 3.63) is 69.7 Å². The van der Waals surface area contributed by atoms with Crippen molar-refractivity contribution in [3.8, 4) is 5.75 Å². The van der Waals surface area contributed by atoms with Crippen LogP contribution in [0.3, 0.4) is 0 Å². The van der Waals surface area contributed by atoms with Crippen LogP contribution in [0.1, 0.15) is 46.6 Å². The summed E-state index contributed by atoms with van der Waals surface area (Å²) in [5, 5.41) is 13.1. The Morgan fingerprint density at radius 2 is 2.21 bits per heavy atom. The number of aliphatic hydroxyl groups is 1. The maximum absolute atomic E-state index is 13.1. The summed E-state index contributed by atoms with van der Waals surface area (Å²) >= 11 is 1.67. The molecule has 2 aromatic rings. The zero-order chi connectivity index (χ0) is 23.4. The molecular weight excluding hydrogens is 438 g/mol. The SMILES string of the molecule is CCOc1cccc(C(=O)N2C[C@H](O)C[C@H]2C(=O)NCC2=CCC(c3scnc3C)C=C2)c1. The highest BCUT2D eigenvalue weighted by Gasteiger charge is 2.39. The van der Waals surface area contributed by atoms with Gasteiger partial charge in [-0.15, -0.1) is 11.3 Å². The number of carbonyl (C=O) groups excluding carboxylic acids is 2. The van der Waals surface area contributed by atoms with Gasteiger partial charge in [-0.05, 0) is 44.0 Å². The predicted molar refractivity (Wildman–Crippen MR) is 128 cm³/mol. The second-order valence-electron chi connectivity index (χ2n) is 8.32. The van der Waals surface area contributed by atoms with Gasteiger partial charge in [-0.3, -0.25) is 9.59 Å². The summed E-state index contributed by atoms with van der Waals surface area (Å²) in [6, 6.07) is 6.20. The lowest BCUT2D eigenvalue weighted by Crippen LogP contribution is -2.46. The molecule has 1 saturated heterocycles. The highest BCUT2D eigenvalue weighted by molar-refractivity contribution is 7.09. The van der Waals surface area contributed by atoms with Crippen molar-refractivity contribution in [1.29, 1.82) is 0 Å². The van der Waals surface area contributed by atoms with E-state index in [2.05, 4.69) is 22.5 Å². The van der Waals surface area contributed by atoms with Crippen LogP contribution in [0.5, 0.6) is 5.75 Å². The maximum Gasteiger partial charge on any atom is 0.254 e. The number of aryl methyl sites for hydroxylation is 1. The monoisotopic (exact) mass is 467 g/mol. The Bertz CT molecular complexity index is 1080. The third-order valence-corrected chi connectivity index (χ3v) is 7.06. The number of thiazole rings is 1. The summed E-state index contributed by atoms with van der Waals surface area (Å²) < 4.78 is 5.48. The molecule has 2 amide bonds. The number of nitrogens with one attached hydrogen (secondary N) is 1. The van der Waals surface area contributed by atoms with E-state index in [1.807, 2.05) is 25.4 Å². The van der Waals surface area contributed by atoms with Crippen LogP contribution < -0.4 is 10.1 Å². The number of benzene rings is 1. The number of rotatable bonds is 7. The maximum atomic E-state index is 13.1. The van der Waals surface area contributed by atoms with Crippen molar-refractivity contribution in [2.24, 2.45) is 0 Å². The third-order valence-electron chi connectivity index (χ3n) is 6.00. The second kappa shape index (κ2) is 10.3. The number of ether oxygens (including phenoxy) is 1. The van der Waals surface area contributed by atoms with Crippen molar-refractivity contribution in [2.45, 2.75) is 44.8 Å². The second-order valence-corrected chi connectivity index (χ2v) is 9.21. The fourth-order valence-electron chi connectivity index (χ4n) is 4.30. The Balaban J connectivity index is 1.37. The quantitative estimate of drug-likeness (QED) is 0.653. The Hall–Kier alpha value is -2.97. The summed E-state index contributed by atoms with van der Waals surface area (Å²) in [7, 11) is 0. The van der Waals surface area contributed by atoms with Gasteiger partial charge in [0.05, 0.1) is 23.9 Å². The molecule has 2 N–H and O–H groups in total. The van der Waals surface area contributed by atoms with E-state index in [1.54, 1.807) is 35.6 Å². The van der Waals surface area contributed by atoms with Crippen LogP contribution in [-0.4, -0.2) is 58.6 Å². The number of amides is 2. The summed E-state index contributed by atoms with van der Waals surface area (Å²) in [6.45, 7) is 4.92. The number of likely N-dealkylation sites (tertiary alicyclic amines) is 1. The standard InChI is InChI=1S/C25H29N3O4S/c1-3-32-21-6-4-5-19(11-21)25(31)28-14-20(29)12-22(28)24(30)26-13-17-7-9-18(10-8-17)23-16(2)27-15-33-23/h4-9,11,15,18,20,22,29H,3,10,12-14H2,1-2H3,(H,26,30)/t18?,20-,22+/m1/s1. The average molecular weight is 468 g/mol. The number of aromatic nitrogens is 1. The highest BCUT2D eigenvalue weighted by atomic mass is 32.1. The van der Waals surface area contributed by atoms with Gasteiger partial charge < -0.3 is 20.1 Å². The van der Waals surface area contributed by atoms with Crippen LogP contribution >= 0.6 is 11.3 Å². The molecule has 0 bridgehead atoms. The molecule has 4 rings (SSSR count). The Morgan fingerprint density at radius 1 is 1.36 bits per heavy atom. The van der Waals surface area contributed by atoms with Gasteiger partial charge in [0.1, 0.15) is 11.8 Å². The van der Waals surface area contributed by atoms with E-state index < -0.39 is 12.1 Å². The van der Waals surface area contributed by atoms with E-state index in [-0.39, 0.29) is 24.8 Å². The minimum Gasteiger partial charge on any atom is -0.494 e. The first kappa shape index (κ1) is 23.2. The van der Waals surface area contributed by atoms with E-state index >= 15 is 0 Å². The zero-order valence-corrected chi connectivity index (χ0v) is 19.7. The Kier molecular flexibility index (Phi) is 7.25. The molecule has 7 nitrogen and oxygen atoms in total. The van der Waals surface area contributed by atoms with E-state index in [0.29, 0.717) is 30.4 Å². The molecule has 1 aliphatic heterocycles. The minimum absolute atomic E-state index is 0.133. The number of hydrogen-bond donors (Lipinski definition) is 2. The van der Waals surface area contributed by atoms with Gasteiger partial charge >= 0.3 is 0 Å². The smallest absolute Gasteiger partial charge is 0.254 e. The van der Waals surface area contributed by atoms with E-state index in [1.165, 1.54) is 9.78 Å². The number of hydrogen-bond acceptors (Lipinski definition) is 6. The van der Waals surface area contributed by atoms with Crippen LogP contribution in [0.2, 0.25) is 0 Å². The topological polar surface area (TPSA) is 91.8 Å². The van der Waals surface area contributed by atoms with Crippen LogP contribution in [0.25, 0.3) is 0 Å². The van der Waals surface area contributed by atoms with Gasteiger partial charge in [-0.25, -0.2) is 4.98 Å². The largest absolute Gasteiger partial charge is 0.494 e. The van der Waals surface area contributed by atoms with Gasteiger partial charge in [-0.1, -0.05) is 24.3 Å². The highest BCUT2D eigenvalue weighted by Crippen LogP contribution is 2.31. The van der Waals surface area contributed by atoms with Crippen LogP contribution in [-0.2, 0) is 4.79 Å². The first-order valence-corrected chi connectivity index (χ1v) is 12.1. The first-order valence-electron chi connectivity index (χ1n) is 11.2. The number of carbonyl (C=O) groups is 2. The molecule has 174 valence electrons. The third kappa shape index (κ3) is 5.34. The fourth-order valence-corrected chi connectivity index (χ4v) is 5.20. The summed E-state index contributed by atoms with van der Waals surface area (Å²) in [5.41, 5.74) is 4.41. The normalized spacial score (nSPS) is 22.2. The Morgan fingerprint density at radius 3 is 2.91 bits per heavy atom. The number of nitrogens with zero attached hydrogens (tertiary/aromatic N) is 2. The minimum atomic E-state index is -0.725. The predicted octanol–water partition coefficient (Wildman–Crippen LogP) is 3.21. The van der Waals surface area contributed by atoms with E-state index in [9.17, 15) is 14.7 Å². The van der Waals surface area contributed by atoms with E-state index in [4.69, 9.17) is 4.74 Å². The molecule has 1 aliphatic carbocycles. The average Bonchev–Trinajstić information content (AvgIpc) is 3.43. The van der Waals surface area contributed by atoms with Crippen molar-refractivity contribution in [3.63, 3.8) is 0 Å². The van der Waals surface area contributed by atoms with Gasteiger partial charge in [0.2, 0.25) is 5.91 Å². The zero-order valence-electron chi connectivity index (χ0n) is 18.9. The molecule has 1 aromatic heterocycles. The molecule has 0 saturated carbocycles. The van der Waals surface area contributed by atoms with E-state index in [0.717, 1.165) is 17.7 Å². The molecule has 8 heteroatoms. The van der Waals surface area contributed by atoms with Crippen LogP contribution in [0, 0.1) is 6.92 Å². The number of aliphatic hydroxyl groups excluding tert-OH is 1. The van der Waals surface area contributed by atoms with Crippen LogP contribution in [0.4, 0.5) is 0 Å². The summed E-state index contributed by atoms with van der Waals surface area (Å²) in [5.74, 6) is 0.387. The molecular formula is C25H29N3O4S. The van der Waals surface area contributed by atoms with Crippen LogP contribution in [0.15, 0.2) is 53.6 Å². The van der Waals surface area contributed by atoms with Crippen molar-refractivity contribution >= 4 is 23.2 Å². The molecule has 2 aliphatic rings. The van der Waals surface area contributed by atoms with Gasteiger partial charge in [0.15, 0.2) is 0 Å². The van der Waals surface area contributed by atoms with Gasteiger partial charge in [-0.2, -0.15) is 0 Å². The molecule has 3 atom stereocenters. The van der Waals surface area contributed by atoms with Crippen molar-refractivity contribution in [1.82, 2.24) is 15.2 Å². The lowest BCUT2D eigenvalue weighted by molar-refractivity contribution is -0.124. The molecule has 33 heavy (non-hydrogen) atoms. The molecule has 2 heterocycles. The Labute approximate surface area is 197 Å². The lowest BCUT2D eigenvalue weighted by Gasteiger charge is -2.24. The summed E-state index contributed by atoms with van der Waals surface area (Å²) in [4.78, 5) is 33.1.